The molecule has 2 atom stereocenters. The second-order valence-corrected chi connectivity index (χ2v) is 5.85. The van der Waals surface area contributed by atoms with E-state index in [0.29, 0.717) is 6.61 Å². The Kier molecular flexibility index (Phi) is 3.99. The molecule has 18 heavy (non-hydrogen) atoms. The van der Waals surface area contributed by atoms with Gasteiger partial charge in [-0.25, -0.2) is 4.39 Å². The van der Waals surface area contributed by atoms with Gasteiger partial charge in [-0.05, 0) is 19.1 Å². The zero-order valence-electron chi connectivity index (χ0n) is 10.0. The lowest BCUT2D eigenvalue weighted by atomic mass is 10.1. The van der Waals surface area contributed by atoms with Crippen LogP contribution in [0.2, 0.25) is 0 Å². The van der Waals surface area contributed by atoms with Gasteiger partial charge in [-0.1, -0.05) is 17.7 Å². The van der Waals surface area contributed by atoms with Crippen molar-refractivity contribution in [3.8, 4) is 0 Å². The molecule has 6 heteroatoms. The smallest absolute Gasteiger partial charge is 0.297 e. The highest BCUT2D eigenvalue weighted by Gasteiger charge is 2.31. The van der Waals surface area contributed by atoms with Crippen LogP contribution in [0.3, 0.4) is 0 Å². The van der Waals surface area contributed by atoms with Crippen LogP contribution in [0, 0.1) is 6.92 Å². The first-order valence-electron chi connectivity index (χ1n) is 5.71. The lowest BCUT2D eigenvalue weighted by molar-refractivity contribution is -0.0358. The molecule has 0 radical (unpaired) electrons. The maximum Gasteiger partial charge on any atom is 0.297 e. The summed E-state index contributed by atoms with van der Waals surface area (Å²) in [5.41, 5.74) is 0.948. The van der Waals surface area contributed by atoms with Crippen molar-refractivity contribution in [3.63, 3.8) is 0 Å². The number of aryl methyl sites for hydroxylation is 1. The van der Waals surface area contributed by atoms with Gasteiger partial charge in [0.15, 0.2) is 6.17 Å². The van der Waals surface area contributed by atoms with Gasteiger partial charge in [-0.2, -0.15) is 8.42 Å². The minimum absolute atomic E-state index is 0.0480. The summed E-state index contributed by atoms with van der Waals surface area (Å²) in [5, 5.41) is 0. The van der Waals surface area contributed by atoms with Gasteiger partial charge in [-0.15, -0.1) is 0 Å². The van der Waals surface area contributed by atoms with Gasteiger partial charge in [0.1, 0.15) is 6.10 Å². The number of halogens is 1. The minimum Gasteiger partial charge on any atom is -0.378 e. The molecule has 1 aliphatic rings. The molecule has 1 aliphatic heterocycles. The lowest BCUT2D eigenvalue weighted by Gasteiger charge is -2.25. The van der Waals surface area contributed by atoms with Crippen LogP contribution in [-0.2, 0) is 19.0 Å². The first-order chi connectivity index (χ1) is 8.49. The molecule has 1 aromatic rings. The van der Waals surface area contributed by atoms with E-state index in [-0.39, 0.29) is 17.9 Å². The molecular formula is C12H15FO4S. The molecular weight excluding hydrogens is 259 g/mol. The molecule has 0 spiro atoms. The fraction of sp³-hybridized carbons (Fsp3) is 0.500. The predicted octanol–water partition coefficient (Wildman–Crippen LogP) is 1.83. The minimum atomic E-state index is -3.91. The van der Waals surface area contributed by atoms with Crippen LogP contribution in [0.1, 0.15) is 12.0 Å². The molecule has 1 saturated heterocycles. The van der Waals surface area contributed by atoms with Crippen molar-refractivity contribution in [1.29, 1.82) is 0 Å². The lowest BCUT2D eigenvalue weighted by Crippen LogP contribution is -2.37. The molecule has 1 fully saturated rings. The maximum atomic E-state index is 13.4. The van der Waals surface area contributed by atoms with Crippen molar-refractivity contribution in [1.82, 2.24) is 0 Å². The van der Waals surface area contributed by atoms with Crippen LogP contribution in [-0.4, -0.2) is 33.9 Å². The van der Waals surface area contributed by atoms with Crippen molar-refractivity contribution in [2.24, 2.45) is 0 Å². The van der Waals surface area contributed by atoms with E-state index < -0.39 is 22.4 Å². The van der Waals surface area contributed by atoms with Crippen molar-refractivity contribution < 1.29 is 21.7 Å². The molecule has 1 aromatic carbocycles. The highest BCUT2D eigenvalue weighted by Crippen LogP contribution is 2.21. The van der Waals surface area contributed by atoms with Crippen LogP contribution in [0.4, 0.5) is 4.39 Å². The standard InChI is InChI=1S/C12H15FO4S/c1-9-2-4-10(5-3-9)18(14,15)17-12-6-7-16-8-11(12)13/h2-5,11-12H,6-8H2,1H3/t11-,12+/m0/s1. The summed E-state index contributed by atoms with van der Waals surface area (Å²) in [6, 6.07) is 6.26. The molecule has 0 amide bonds. The molecule has 2 rings (SSSR count). The average Bonchev–Trinajstić information content (AvgIpc) is 2.32. The summed E-state index contributed by atoms with van der Waals surface area (Å²) in [6.45, 7) is 2.05. The molecule has 100 valence electrons. The molecule has 1 heterocycles. The Morgan fingerprint density at radius 2 is 2.00 bits per heavy atom. The molecule has 0 unspecified atom stereocenters. The van der Waals surface area contributed by atoms with Gasteiger partial charge in [0, 0.05) is 13.0 Å². The Hall–Kier alpha value is -0.980. The molecule has 0 aromatic heterocycles. The van der Waals surface area contributed by atoms with Crippen molar-refractivity contribution >= 4 is 10.1 Å². The second kappa shape index (κ2) is 5.34. The Morgan fingerprint density at radius 1 is 1.33 bits per heavy atom. The van der Waals surface area contributed by atoms with E-state index in [1.807, 2.05) is 6.92 Å². The van der Waals surface area contributed by atoms with Gasteiger partial charge in [0.25, 0.3) is 10.1 Å². The SMILES string of the molecule is Cc1ccc(S(=O)(=O)O[C@@H]2CCOC[C@@H]2F)cc1. The average molecular weight is 274 g/mol. The number of ether oxygens (including phenoxy) is 1. The Morgan fingerprint density at radius 3 is 2.61 bits per heavy atom. The first-order valence-corrected chi connectivity index (χ1v) is 7.11. The topological polar surface area (TPSA) is 52.6 Å². The summed E-state index contributed by atoms with van der Waals surface area (Å²) >= 11 is 0. The Labute approximate surface area is 106 Å². The largest absolute Gasteiger partial charge is 0.378 e. The molecule has 0 bridgehead atoms. The van der Waals surface area contributed by atoms with Crippen LogP contribution < -0.4 is 0 Å². The number of benzene rings is 1. The Bertz CT molecular complexity index is 497. The zero-order valence-corrected chi connectivity index (χ0v) is 10.8. The third-order valence-electron chi connectivity index (χ3n) is 2.79. The van der Waals surface area contributed by atoms with E-state index in [1.54, 1.807) is 12.1 Å². The van der Waals surface area contributed by atoms with Crippen LogP contribution in [0.25, 0.3) is 0 Å². The van der Waals surface area contributed by atoms with E-state index in [4.69, 9.17) is 8.92 Å². The Balaban J connectivity index is 2.13. The van der Waals surface area contributed by atoms with Gasteiger partial charge in [0.2, 0.25) is 0 Å². The number of rotatable bonds is 3. The normalized spacial score (nSPS) is 25.0. The fourth-order valence-corrected chi connectivity index (χ4v) is 2.84. The zero-order chi connectivity index (χ0) is 13.2. The van der Waals surface area contributed by atoms with Gasteiger partial charge >= 0.3 is 0 Å². The third-order valence-corrected chi connectivity index (χ3v) is 4.14. The summed E-state index contributed by atoms with van der Waals surface area (Å²) in [6.07, 6.45) is -2.12. The van der Waals surface area contributed by atoms with Crippen LogP contribution in [0.15, 0.2) is 29.2 Å². The molecule has 0 aliphatic carbocycles. The van der Waals surface area contributed by atoms with Crippen molar-refractivity contribution in [2.75, 3.05) is 13.2 Å². The van der Waals surface area contributed by atoms with Crippen molar-refractivity contribution in [3.05, 3.63) is 29.8 Å². The van der Waals surface area contributed by atoms with Gasteiger partial charge in [-0.3, -0.25) is 4.18 Å². The third kappa shape index (κ3) is 3.07. The van der Waals surface area contributed by atoms with Crippen LogP contribution in [0.5, 0.6) is 0 Å². The predicted molar refractivity (Wildman–Crippen MR) is 63.6 cm³/mol. The van der Waals surface area contributed by atoms with Gasteiger partial charge in [0.05, 0.1) is 11.5 Å². The first kappa shape index (κ1) is 13.5. The number of hydrogen-bond acceptors (Lipinski definition) is 4. The second-order valence-electron chi connectivity index (χ2n) is 4.28. The molecule has 0 saturated carbocycles. The number of hydrogen-bond donors (Lipinski definition) is 0. The summed E-state index contributed by atoms with van der Waals surface area (Å²) in [4.78, 5) is 0.0480. The monoisotopic (exact) mass is 274 g/mol. The molecule has 4 nitrogen and oxygen atoms in total. The molecule has 0 N–H and O–H groups in total. The van der Waals surface area contributed by atoms with Crippen LogP contribution >= 0.6 is 0 Å². The fourth-order valence-electron chi connectivity index (χ4n) is 1.72. The maximum absolute atomic E-state index is 13.4. The quantitative estimate of drug-likeness (QED) is 0.789. The van der Waals surface area contributed by atoms with E-state index in [9.17, 15) is 12.8 Å². The van der Waals surface area contributed by atoms with E-state index in [1.165, 1.54) is 12.1 Å². The van der Waals surface area contributed by atoms with Gasteiger partial charge < -0.3 is 4.74 Å². The summed E-state index contributed by atoms with van der Waals surface area (Å²) in [7, 11) is -3.91. The summed E-state index contributed by atoms with van der Waals surface area (Å²) in [5.74, 6) is 0. The van der Waals surface area contributed by atoms with E-state index >= 15 is 0 Å². The highest BCUT2D eigenvalue weighted by molar-refractivity contribution is 7.86. The highest BCUT2D eigenvalue weighted by atomic mass is 32.2. The van der Waals surface area contributed by atoms with E-state index in [2.05, 4.69) is 0 Å². The van der Waals surface area contributed by atoms with E-state index in [0.717, 1.165) is 5.56 Å². The summed E-state index contributed by atoms with van der Waals surface area (Å²) < 4.78 is 47.1. The van der Waals surface area contributed by atoms with Crippen molar-refractivity contribution in [2.45, 2.75) is 30.5 Å². The number of alkyl halides is 1.